The first-order valence-corrected chi connectivity index (χ1v) is 11.8. The lowest BCUT2D eigenvalue weighted by molar-refractivity contribution is -0.126. The quantitative estimate of drug-likeness (QED) is 0.706. The van der Waals surface area contributed by atoms with Crippen molar-refractivity contribution in [1.29, 1.82) is 0 Å². The van der Waals surface area contributed by atoms with Crippen LogP contribution >= 0.6 is 0 Å². The maximum Gasteiger partial charge on any atom is 0.246 e. The van der Waals surface area contributed by atoms with Crippen molar-refractivity contribution in [3.05, 3.63) is 53.6 Å². The van der Waals surface area contributed by atoms with Gasteiger partial charge >= 0.3 is 0 Å². The van der Waals surface area contributed by atoms with Crippen LogP contribution in [0.2, 0.25) is 0 Å². The smallest absolute Gasteiger partial charge is 0.246 e. The average molecular weight is 447 g/mol. The van der Waals surface area contributed by atoms with E-state index in [1.807, 2.05) is 44.2 Å². The number of carbonyl (C=O) groups is 1. The summed E-state index contributed by atoms with van der Waals surface area (Å²) in [7, 11) is -0.626. The highest BCUT2D eigenvalue weighted by Crippen LogP contribution is 2.31. The van der Waals surface area contributed by atoms with E-state index in [4.69, 9.17) is 9.47 Å². The Morgan fingerprint density at radius 1 is 1.06 bits per heavy atom. The normalized spacial score (nSPS) is 16.5. The minimum Gasteiger partial charge on any atom is -0.496 e. The molecular weight excluding hydrogens is 416 g/mol. The number of nitrogens with one attached hydrogen (secondary N) is 1. The van der Waals surface area contributed by atoms with Crippen LogP contribution in [0.25, 0.3) is 0 Å². The maximum atomic E-state index is 13.2. The molecule has 1 aliphatic heterocycles. The Morgan fingerprint density at radius 2 is 1.71 bits per heavy atom. The Bertz CT molecular complexity index is 1030. The van der Waals surface area contributed by atoms with Gasteiger partial charge in [-0.25, -0.2) is 8.42 Å². The summed E-state index contributed by atoms with van der Waals surface area (Å²) in [5.41, 5.74) is 1.75. The van der Waals surface area contributed by atoms with Crippen LogP contribution in [0.1, 0.15) is 36.9 Å². The number of piperidine rings is 1. The topological polar surface area (TPSA) is 84.9 Å². The fourth-order valence-electron chi connectivity index (χ4n) is 3.92. The van der Waals surface area contributed by atoms with Gasteiger partial charge in [-0.2, -0.15) is 4.31 Å². The third kappa shape index (κ3) is 5.02. The molecule has 1 atom stereocenters. The third-order valence-corrected chi connectivity index (χ3v) is 7.65. The van der Waals surface area contributed by atoms with Crippen LogP contribution in [0.15, 0.2) is 47.4 Å². The zero-order chi connectivity index (χ0) is 22.6. The van der Waals surface area contributed by atoms with Crippen LogP contribution in [0.4, 0.5) is 0 Å². The summed E-state index contributed by atoms with van der Waals surface area (Å²) < 4.78 is 38.4. The first-order valence-electron chi connectivity index (χ1n) is 10.4. The minimum absolute atomic E-state index is 0.0661. The average Bonchev–Trinajstić information content (AvgIpc) is 2.79. The van der Waals surface area contributed by atoms with E-state index in [-0.39, 0.29) is 22.8 Å². The zero-order valence-corrected chi connectivity index (χ0v) is 19.2. The number of hydrogen-bond acceptors (Lipinski definition) is 5. The maximum absolute atomic E-state index is 13.2. The molecule has 7 nitrogen and oxygen atoms in total. The molecule has 0 spiro atoms. The zero-order valence-electron chi connectivity index (χ0n) is 18.4. The van der Waals surface area contributed by atoms with Crippen molar-refractivity contribution in [1.82, 2.24) is 9.62 Å². The molecule has 2 aromatic carbocycles. The minimum atomic E-state index is -3.69. The van der Waals surface area contributed by atoms with E-state index in [0.717, 1.165) is 16.9 Å². The van der Waals surface area contributed by atoms with Gasteiger partial charge < -0.3 is 14.8 Å². The first-order chi connectivity index (χ1) is 14.8. The third-order valence-electron chi connectivity index (χ3n) is 5.73. The number of hydrogen-bond donors (Lipinski definition) is 1. The van der Waals surface area contributed by atoms with Gasteiger partial charge in [0.25, 0.3) is 0 Å². The van der Waals surface area contributed by atoms with Crippen LogP contribution < -0.4 is 14.8 Å². The Kier molecular flexibility index (Phi) is 7.23. The van der Waals surface area contributed by atoms with Gasteiger partial charge in [-0.1, -0.05) is 24.3 Å². The fraction of sp³-hybridized carbons (Fsp3) is 0.435. The van der Waals surface area contributed by atoms with Crippen LogP contribution in [0.3, 0.4) is 0 Å². The lowest BCUT2D eigenvalue weighted by atomic mass is 9.96. The van der Waals surface area contributed by atoms with Gasteiger partial charge in [0.1, 0.15) is 16.4 Å². The molecule has 0 radical (unpaired) electrons. The Labute approximate surface area is 184 Å². The van der Waals surface area contributed by atoms with E-state index in [9.17, 15) is 13.2 Å². The summed E-state index contributed by atoms with van der Waals surface area (Å²) in [6.45, 7) is 4.35. The van der Waals surface area contributed by atoms with E-state index in [1.54, 1.807) is 19.2 Å². The number of aryl methyl sites for hydroxylation is 1. The van der Waals surface area contributed by atoms with Crippen LogP contribution in [0.5, 0.6) is 11.5 Å². The summed E-state index contributed by atoms with van der Waals surface area (Å²) in [4.78, 5) is 13.0. The molecule has 8 heteroatoms. The predicted molar refractivity (Wildman–Crippen MR) is 119 cm³/mol. The van der Waals surface area contributed by atoms with E-state index in [2.05, 4.69) is 5.32 Å². The Morgan fingerprint density at radius 3 is 2.35 bits per heavy atom. The van der Waals surface area contributed by atoms with Crippen molar-refractivity contribution >= 4 is 15.9 Å². The van der Waals surface area contributed by atoms with Gasteiger partial charge in [0, 0.05) is 24.6 Å². The number of para-hydroxylation sites is 1. The Hall–Kier alpha value is -2.58. The van der Waals surface area contributed by atoms with Crippen molar-refractivity contribution < 1.29 is 22.7 Å². The molecule has 1 fully saturated rings. The van der Waals surface area contributed by atoms with Crippen LogP contribution in [-0.4, -0.2) is 45.9 Å². The summed E-state index contributed by atoms with van der Waals surface area (Å²) in [5, 5.41) is 3.04. The highest BCUT2D eigenvalue weighted by molar-refractivity contribution is 7.89. The molecule has 168 valence electrons. The molecule has 1 aliphatic rings. The lowest BCUT2D eigenvalue weighted by Gasteiger charge is -2.31. The molecule has 1 heterocycles. The predicted octanol–water partition coefficient (Wildman–Crippen LogP) is 3.29. The molecule has 2 aromatic rings. The summed E-state index contributed by atoms with van der Waals surface area (Å²) >= 11 is 0. The van der Waals surface area contributed by atoms with Crippen molar-refractivity contribution in [2.24, 2.45) is 5.92 Å². The van der Waals surface area contributed by atoms with Gasteiger partial charge in [-0.05, 0) is 50.5 Å². The van der Waals surface area contributed by atoms with Crippen molar-refractivity contribution in [3.63, 3.8) is 0 Å². The molecular formula is C23H30N2O5S. The number of nitrogens with zero attached hydrogens (tertiary/aromatic N) is 1. The lowest BCUT2D eigenvalue weighted by Crippen LogP contribution is -2.43. The number of benzene rings is 2. The second-order valence-electron chi connectivity index (χ2n) is 7.80. The molecule has 1 unspecified atom stereocenters. The van der Waals surface area contributed by atoms with Crippen LogP contribution in [0, 0.1) is 12.8 Å². The fourth-order valence-corrected chi connectivity index (χ4v) is 5.63. The largest absolute Gasteiger partial charge is 0.496 e. The number of ether oxygens (including phenoxy) is 2. The molecule has 0 bridgehead atoms. The number of methoxy groups -OCH3 is 2. The number of carbonyl (C=O) groups excluding carboxylic acids is 1. The van der Waals surface area contributed by atoms with E-state index in [1.165, 1.54) is 11.4 Å². The van der Waals surface area contributed by atoms with Crippen molar-refractivity contribution in [3.8, 4) is 11.5 Å². The van der Waals surface area contributed by atoms with Gasteiger partial charge in [-0.3, -0.25) is 4.79 Å². The number of sulfonamides is 1. The Balaban J connectivity index is 1.65. The van der Waals surface area contributed by atoms with E-state index < -0.39 is 10.0 Å². The highest BCUT2D eigenvalue weighted by atomic mass is 32.2. The monoisotopic (exact) mass is 446 g/mol. The van der Waals surface area contributed by atoms with Gasteiger partial charge in [-0.15, -0.1) is 0 Å². The van der Waals surface area contributed by atoms with Gasteiger partial charge in [0.2, 0.25) is 15.9 Å². The summed E-state index contributed by atoms with van der Waals surface area (Å²) in [5.74, 6) is 0.756. The first kappa shape index (κ1) is 23.1. The molecule has 0 aliphatic carbocycles. The molecule has 0 saturated carbocycles. The molecule has 3 rings (SSSR count). The van der Waals surface area contributed by atoms with Crippen LogP contribution in [-0.2, 0) is 14.8 Å². The second-order valence-corrected chi connectivity index (χ2v) is 9.71. The van der Waals surface area contributed by atoms with E-state index >= 15 is 0 Å². The van der Waals surface area contributed by atoms with Gasteiger partial charge in [0.15, 0.2) is 0 Å². The highest BCUT2D eigenvalue weighted by Gasteiger charge is 2.34. The van der Waals surface area contributed by atoms with Crippen molar-refractivity contribution in [2.75, 3.05) is 27.3 Å². The number of amides is 1. The number of rotatable bonds is 7. The molecule has 1 N–H and O–H groups in total. The van der Waals surface area contributed by atoms with E-state index in [0.29, 0.717) is 31.7 Å². The molecule has 1 saturated heterocycles. The summed E-state index contributed by atoms with van der Waals surface area (Å²) in [6, 6.07) is 12.5. The SMILES string of the molecule is COc1ccccc1C(C)NC(=O)C1CCN(S(=O)(=O)c2cc(C)ccc2OC)CC1. The molecule has 0 aromatic heterocycles. The molecule has 31 heavy (non-hydrogen) atoms. The van der Waals surface area contributed by atoms with Crippen molar-refractivity contribution in [2.45, 2.75) is 37.6 Å². The standard InChI is InChI=1S/C23H30N2O5S/c1-16-9-10-21(30-4)22(15-16)31(27,28)25-13-11-18(12-14-25)23(26)24-17(2)19-7-5-6-8-20(19)29-3/h5-10,15,17-18H,11-14H2,1-4H3,(H,24,26). The molecule has 1 amide bonds. The summed E-state index contributed by atoms with van der Waals surface area (Å²) in [6.07, 6.45) is 0.940. The second kappa shape index (κ2) is 9.70. The van der Waals surface area contributed by atoms with Gasteiger partial charge in [0.05, 0.1) is 20.3 Å².